The second-order valence-electron chi connectivity index (χ2n) is 9.47. The van der Waals surface area contributed by atoms with Gasteiger partial charge in [0.25, 0.3) is 0 Å². The number of allylic oxidation sites excluding steroid dienone is 1. The first-order chi connectivity index (χ1) is 18.3. The van der Waals surface area contributed by atoms with Crippen molar-refractivity contribution in [3.8, 4) is 11.5 Å². The molecule has 0 N–H and O–H groups in total. The Morgan fingerprint density at radius 3 is 1.68 bits per heavy atom. The first-order valence-electron chi connectivity index (χ1n) is 13.2. The van der Waals surface area contributed by atoms with Crippen molar-refractivity contribution >= 4 is 17.1 Å². The standard InChI is InChI=1S/C31H36O5.C2H6/c1-7-27(22-11-9-8-10-12-22)29(23-13-17-25(18-14-23)35-21-28(33-5)34-6)24-15-19-26(20-16-24)36-30(32)31(2,3)4;1-2/h8-20,28H,7,21H2,1-6H3;1-2H3/b29-27+;. The summed E-state index contributed by atoms with van der Waals surface area (Å²) in [6, 6.07) is 26.1. The van der Waals surface area contributed by atoms with Gasteiger partial charge in [-0.05, 0) is 79.3 Å². The topological polar surface area (TPSA) is 54.0 Å². The van der Waals surface area contributed by atoms with Gasteiger partial charge in [-0.15, -0.1) is 0 Å². The summed E-state index contributed by atoms with van der Waals surface area (Å²) in [6.07, 6.45) is 0.428. The van der Waals surface area contributed by atoms with Crippen LogP contribution in [0.4, 0.5) is 0 Å². The van der Waals surface area contributed by atoms with E-state index in [-0.39, 0.29) is 5.97 Å². The summed E-state index contributed by atoms with van der Waals surface area (Å²) in [7, 11) is 3.17. The fourth-order valence-electron chi connectivity index (χ4n) is 3.74. The molecule has 0 fully saturated rings. The second kappa shape index (κ2) is 15.1. The average Bonchev–Trinajstić information content (AvgIpc) is 2.94. The third-order valence-electron chi connectivity index (χ3n) is 5.80. The summed E-state index contributed by atoms with van der Waals surface area (Å²) in [4.78, 5) is 12.3. The maximum Gasteiger partial charge on any atom is 0.316 e. The van der Waals surface area contributed by atoms with Crippen LogP contribution in [-0.2, 0) is 14.3 Å². The highest BCUT2D eigenvalue weighted by molar-refractivity contribution is 5.98. The van der Waals surface area contributed by atoms with Gasteiger partial charge in [0.05, 0.1) is 5.41 Å². The van der Waals surface area contributed by atoms with Crippen molar-refractivity contribution in [1.82, 2.24) is 0 Å². The highest BCUT2D eigenvalue weighted by atomic mass is 16.7. The number of methoxy groups -OCH3 is 2. The molecule has 0 saturated heterocycles. The molecule has 0 unspecified atom stereocenters. The molecule has 0 aliphatic rings. The Kier molecular flexibility index (Phi) is 12.3. The molecule has 0 saturated carbocycles. The first kappa shape index (κ1) is 30.8. The maximum absolute atomic E-state index is 12.3. The molecule has 0 amide bonds. The summed E-state index contributed by atoms with van der Waals surface area (Å²) in [5, 5.41) is 0. The molecule has 5 nitrogen and oxygen atoms in total. The van der Waals surface area contributed by atoms with Crippen LogP contribution in [-0.4, -0.2) is 33.1 Å². The number of hydrogen-bond donors (Lipinski definition) is 0. The molecule has 38 heavy (non-hydrogen) atoms. The van der Waals surface area contributed by atoms with Gasteiger partial charge in [-0.3, -0.25) is 4.79 Å². The van der Waals surface area contributed by atoms with Gasteiger partial charge in [-0.2, -0.15) is 0 Å². The molecule has 0 spiro atoms. The van der Waals surface area contributed by atoms with Crippen LogP contribution in [0, 0.1) is 5.41 Å². The van der Waals surface area contributed by atoms with Crippen LogP contribution in [0.2, 0.25) is 0 Å². The lowest BCUT2D eigenvalue weighted by Crippen LogP contribution is -2.25. The number of carbonyl (C=O) groups is 1. The number of benzene rings is 3. The predicted octanol–water partition coefficient (Wildman–Crippen LogP) is 8.03. The van der Waals surface area contributed by atoms with Crippen molar-refractivity contribution in [3.05, 3.63) is 95.6 Å². The second-order valence-corrected chi connectivity index (χ2v) is 9.47. The largest absolute Gasteiger partial charge is 0.488 e. The third-order valence-corrected chi connectivity index (χ3v) is 5.80. The van der Waals surface area contributed by atoms with Gasteiger partial charge < -0.3 is 18.9 Å². The molecular weight excluding hydrogens is 476 g/mol. The summed E-state index contributed by atoms with van der Waals surface area (Å²) >= 11 is 0. The van der Waals surface area contributed by atoms with Gasteiger partial charge in [-0.1, -0.05) is 75.4 Å². The van der Waals surface area contributed by atoms with Crippen LogP contribution < -0.4 is 9.47 Å². The molecular formula is C33H42O5. The van der Waals surface area contributed by atoms with Gasteiger partial charge in [0, 0.05) is 14.2 Å². The fraction of sp³-hybridized carbons (Fsp3) is 0.364. The number of rotatable bonds is 10. The monoisotopic (exact) mass is 518 g/mol. The molecule has 3 aromatic carbocycles. The van der Waals surface area contributed by atoms with E-state index >= 15 is 0 Å². The molecule has 0 atom stereocenters. The Morgan fingerprint density at radius 2 is 1.24 bits per heavy atom. The van der Waals surface area contributed by atoms with Crippen molar-refractivity contribution < 1.29 is 23.7 Å². The molecule has 0 aromatic heterocycles. The normalized spacial score (nSPS) is 11.8. The number of esters is 1. The summed E-state index contributed by atoms with van der Waals surface area (Å²) < 4.78 is 21.8. The van der Waals surface area contributed by atoms with Crippen molar-refractivity contribution in [2.24, 2.45) is 5.41 Å². The maximum atomic E-state index is 12.3. The Morgan fingerprint density at radius 1 is 0.737 bits per heavy atom. The SMILES string of the molecule is CC.CC/C(=C(/c1ccc(OCC(OC)OC)cc1)c1ccc(OC(=O)C(C)(C)C)cc1)c1ccccc1. The number of carbonyl (C=O) groups excluding carboxylic acids is 1. The Bertz CT molecular complexity index is 1140. The lowest BCUT2D eigenvalue weighted by Gasteiger charge is -2.19. The molecule has 5 heteroatoms. The third kappa shape index (κ3) is 8.57. The van der Waals surface area contributed by atoms with E-state index in [0.29, 0.717) is 12.4 Å². The van der Waals surface area contributed by atoms with Gasteiger partial charge >= 0.3 is 5.97 Å². The van der Waals surface area contributed by atoms with E-state index < -0.39 is 11.7 Å². The zero-order valence-corrected chi connectivity index (χ0v) is 24.0. The molecule has 0 bridgehead atoms. The van der Waals surface area contributed by atoms with Crippen LogP contribution in [0.5, 0.6) is 11.5 Å². The minimum absolute atomic E-state index is 0.260. The van der Waals surface area contributed by atoms with Gasteiger partial charge in [0.15, 0.2) is 6.29 Å². The van der Waals surface area contributed by atoms with E-state index in [4.69, 9.17) is 18.9 Å². The highest BCUT2D eigenvalue weighted by Crippen LogP contribution is 2.36. The fourth-order valence-corrected chi connectivity index (χ4v) is 3.74. The molecule has 0 radical (unpaired) electrons. The zero-order valence-electron chi connectivity index (χ0n) is 24.0. The summed E-state index contributed by atoms with van der Waals surface area (Å²) in [5.41, 5.74) is 5.05. The van der Waals surface area contributed by atoms with E-state index in [9.17, 15) is 4.79 Å². The lowest BCUT2D eigenvalue weighted by molar-refractivity contribution is -0.143. The Balaban J connectivity index is 0.00000247. The van der Waals surface area contributed by atoms with Crippen LogP contribution in [0.15, 0.2) is 78.9 Å². The smallest absolute Gasteiger partial charge is 0.316 e. The van der Waals surface area contributed by atoms with Crippen LogP contribution in [0.3, 0.4) is 0 Å². The van der Waals surface area contributed by atoms with Crippen molar-refractivity contribution in [2.45, 2.75) is 54.3 Å². The predicted molar refractivity (Wildman–Crippen MR) is 155 cm³/mol. The molecule has 0 aliphatic carbocycles. The molecule has 3 aromatic rings. The highest BCUT2D eigenvalue weighted by Gasteiger charge is 2.24. The van der Waals surface area contributed by atoms with Crippen LogP contribution >= 0.6 is 0 Å². The number of ether oxygens (including phenoxy) is 4. The average molecular weight is 519 g/mol. The van der Waals surface area contributed by atoms with Crippen molar-refractivity contribution in [1.29, 1.82) is 0 Å². The van der Waals surface area contributed by atoms with E-state index in [1.807, 2.05) is 77.1 Å². The minimum Gasteiger partial charge on any atom is -0.488 e. The summed E-state index contributed by atoms with van der Waals surface area (Å²) in [5.74, 6) is 1.01. The minimum atomic E-state index is -0.567. The van der Waals surface area contributed by atoms with E-state index in [2.05, 4.69) is 43.3 Å². The van der Waals surface area contributed by atoms with E-state index in [1.165, 1.54) is 11.1 Å². The van der Waals surface area contributed by atoms with Gasteiger partial charge in [0.2, 0.25) is 0 Å². The zero-order chi connectivity index (χ0) is 28.1. The number of hydrogen-bond acceptors (Lipinski definition) is 5. The molecule has 0 aliphatic heterocycles. The first-order valence-corrected chi connectivity index (χ1v) is 13.2. The molecule has 3 rings (SSSR count). The van der Waals surface area contributed by atoms with Crippen molar-refractivity contribution in [3.63, 3.8) is 0 Å². The molecule has 204 valence electrons. The van der Waals surface area contributed by atoms with Gasteiger partial charge in [0.1, 0.15) is 18.1 Å². The van der Waals surface area contributed by atoms with Crippen LogP contribution in [0.25, 0.3) is 11.1 Å². The molecule has 0 heterocycles. The van der Waals surface area contributed by atoms with Gasteiger partial charge in [-0.25, -0.2) is 0 Å². The van der Waals surface area contributed by atoms with E-state index in [1.54, 1.807) is 14.2 Å². The Labute approximate surface area is 228 Å². The van der Waals surface area contributed by atoms with Crippen molar-refractivity contribution in [2.75, 3.05) is 20.8 Å². The Hall–Kier alpha value is -3.41. The quantitative estimate of drug-likeness (QED) is 0.118. The lowest BCUT2D eigenvalue weighted by atomic mass is 9.88. The van der Waals surface area contributed by atoms with E-state index in [0.717, 1.165) is 28.9 Å². The van der Waals surface area contributed by atoms with Crippen LogP contribution in [0.1, 0.15) is 64.7 Å². The summed E-state index contributed by atoms with van der Waals surface area (Å²) in [6.45, 7) is 12.0.